The second-order valence-electron chi connectivity index (χ2n) is 8.30. The monoisotopic (exact) mass is 445 g/mol. The molecule has 0 unspecified atom stereocenters. The Morgan fingerprint density at radius 2 is 1.61 bits per heavy atom. The smallest absolute Gasteiger partial charge is 0.223 e. The van der Waals surface area contributed by atoms with E-state index in [4.69, 9.17) is 11.6 Å². The molecule has 0 saturated carbocycles. The largest absolute Gasteiger partial charge is 0.356 e. The fourth-order valence-corrected chi connectivity index (χ4v) is 4.48. The zero-order valence-corrected chi connectivity index (χ0v) is 18.7. The van der Waals surface area contributed by atoms with Crippen molar-refractivity contribution in [3.05, 3.63) is 46.5 Å². The predicted molar refractivity (Wildman–Crippen MR) is 121 cm³/mol. The Morgan fingerprint density at radius 3 is 2.26 bits per heavy atom. The Hall–Kier alpha value is -2.41. The number of amides is 1. The van der Waals surface area contributed by atoms with Gasteiger partial charge in [0.1, 0.15) is 23.3 Å². The van der Waals surface area contributed by atoms with Gasteiger partial charge in [0.25, 0.3) is 0 Å². The number of aryl methyl sites for hydroxylation is 2. The fourth-order valence-electron chi connectivity index (χ4n) is 4.27. The SMILES string of the molecule is Cc1nc(N2CCCCC2)cc(N2CCN(C(=O)CCc3ccc(F)c(Cl)c3)CC2)n1. The molecule has 31 heavy (non-hydrogen) atoms. The number of halogens is 2. The standard InChI is InChI=1S/C23H29ClFN5O/c1-17-26-21(28-9-3-2-4-10-28)16-22(27-17)29-11-13-30(14-12-29)23(31)8-6-18-5-7-20(25)19(24)15-18/h5,7,15-16H,2-4,6,8-14H2,1H3. The number of piperidine rings is 1. The number of hydrogen-bond acceptors (Lipinski definition) is 5. The molecule has 0 atom stereocenters. The number of nitrogens with zero attached hydrogens (tertiary/aromatic N) is 5. The molecule has 1 aromatic heterocycles. The van der Waals surface area contributed by atoms with E-state index in [-0.39, 0.29) is 10.9 Å². The molecular weight excluding hydrogens is 417 g/mol. The summed E-state index contributed by atoms with van der Waals surface area (Å²) in [6.07, 6.45) is 4.67. The summed E-state index contributed by atoms with van der Waals surface area (Å²) in [6, 6.07) is 6.72. The molecule has 2 aromatic rings. The van der Waals surface area contributed by atoms with Crippen molar-refractivity contribution in [3.8, 4) is 0 Å². The molecule has 2 fully saturated rings. The molecule has 2 aliphatic rings. The van der Waals surface area contributed by atoms with E-state index in [9.17, 15) is 9.18 Å². The van der Waals surface area contributed by atoms with Crippen LogP contribution in [0.15, 0.2) is 24.3 Å². The lowest BCUT2D eigenvalue weighted by atomic mass is 10.1. The lowest BCUT2D eigenvalue weighted by molar-refractivity contribution is -0.131. The van der Waals surface area contributed by atoms with Gasteiger partial charge in [-0.15, -0.1) is 0 Å². The van der Waals surface area contributed by atoms with Crippen LogP contribution in [-0.2, 0) is 11.2 Å². The maximum absolute atomic E-state index is 13.3. The first-order chi connectivity index (χ1) is 15.0. The molecule has 3 heterocycles. The van der Waals surface area contributed by atoms with Gasteiger partial charge in [-0.3, -0.25) is 4.79 Å². The van der Waals surface area contributed by atoms with E-state index in [0.717, 1.165) is 49.2 Å². The minimum Gasteiger partial charge on any atom is -0.356 e. The van der Waals surface area contributed by atoms with Gasteiger partial charge in [-0.05, 0) is 50.3 Å². The van der Waals surface area contributed by atoms with E-state index in [1.165, 1.54) is 25.3 Å². The summed E-state index contributed by atoms with van der Waals surface area (Å²) in [5.41, 5.74) is 0.875. The van der Waals surface area contributed by atoms with Crippen molar-refractivity contribution in [1.29, 1.82) is 0 Å². The molecule has 166 valence electrons. The summed E-state index contributed by atoms with van der Waals surface area (Å²) in [7, 11) is 0. The number of piperazine rings is 1. The van der Waals surface area contributed by atoms with Crippen molar-refractivity contribution in [2.24, 2.45) is 0 Å². The Bertz CT molecular complexity index is 926. The van der Waals surface area contributed by atoms with E-state index in [0.29, 0.717) is 25.9 Å². The number of carbonyl (C=O) groups is 1. The van der Waals surface area contributed by atoms with Crippen molar-refractivity contribution in [3.63, 3.8) is 0 Å². The molecule has 1 amide bonds. The van der Waals surface area contributed by atoms with Gasteiger partial charge in [0.15, 0.2) is 0 Å². The highest BCUT2D eigenvalue weighted by molar-refractivity contribution is 6.30. The van der Waals surface area contributed by atoms with E-state index < -0.39 is 5.82 Å². The van der Waals surface area contributed by atoms with Crippen LogP contribution >= 0.6 is 11.6 Å². The van der Waals surface area contributed by atoms with E-state index >= 15 is 0 Å². The van der Waals surface area contributed by atoms with Crippen LogP contribution in [0.3, 0.4) is 0 Å². The fraction of sp³-hybridized carbons (Fsp3) is 0.522. The van der Waals surface area contributed by atoms with Crippen LogP contribution in [-0.4, -0.2) is 60.0 Å². The summed E-state index contributed by atoms with van der Waals surface area (Å²) in [5, 5.41) is 0.0997. The number of benzene rings is 1. The molecule has 0 bridgehead atoms. The molecule has 1 aromatic carbocycles. The third-order valence-electron chi connectivity index (χ3n) is 6.06. The average molecular weight is 446 g/mol. The van der Waals surface area contributed by atoms with Crippen LogP contribution in [0.5, 0.6) is 0 Å². The van der Waals surface area contributed by atoms with Crippen LogP contribution in [0, 0.1) is 12.7 Å². The maximum Gasteiger partial charge on any atom is 0.223 e. The summed E-state index contributed by atoms with van der Waals surface area (Å²) < 4.78 is 13.3. The van der Waals surface area contributed by atoms with Crippen molar-refractivity contribution in [2.45, 2.75) is 39.0 Å². The molecule has 2 saturated heterocycles. The Kier molecular flexibility index (Phi) is 6.90. The van der Waals surface area contributed by atoms with Crippen molar-refractivity contribution in [2.75, 3.05) is 49.1 Å². The zero-order chi connectivity index (χ0) is 21.8. The van der Waals surface area contributed by atoms with Gasteiger partial charge in [-0.1, -0.05) is 17.7 Å². The highest BCUT2D eigenvalue weighted by atomic mass is 35.5. The van der Waals surface area contributed by atoms with Gasteiger partial charge in [-0.25, -0.2) is 14.4 Å². The summed E-state index contributed by atoms with van der Waals surface area (Å²) in [4.78, 5) is 28.5. The summed E-state index contributed by atoms with van der Waals surface area (Å²) in [6.45, 7) is 6.90. The average Bonchev–Trinajstić information content (AvgIpc) is 2.80. The molecule has 4 rings (SSSR count). The third-order valence-corrected chi connectivity index (χ3v) is 6.35. The number of aromatic nitrogens is 2. The topological polar surface area (TPSA) is 52.6 Å². The second-order valence-corrected chi connectivity index (χ2v) is 8.70. The first kappa shape index (κ1) is 21.8. The van der Waals surface area contributed by atoms with Gasteiger partial charge < -0.3 is 14.7 Å². The third kappa shape index (κ3) is 5.45. The predicted octanol–water partition coefficient (Wildman–Crippen LogP) is 3.85. The Balaban J connectivity index is 1.32. The summed E-state index contributed by atoms with van der Waals surface area (Å²) in [5.74, 6) is 2.43. The zero-order valence-electron chi connectivity index (χ0n) is 18.0. The van der Waals surface area contributed by atoms with E-state index in [1.54, 1.807) is 12.1 Å². The van der Waals surface area contributed by atoms with Crippen molar-refractivity contribution < 1.29 is 9.18 Å². The highest BCUT2D eigenvalue weighted by Gasteiger charge is 2.23. The van der Waals surface area contributed by atoms with Gasteiger partial charge in [0, 0.05) is 51.8 Å². The minimum absolute atomic E-state index is 0.0997. The van der Waals surface area contributed by atoms with Crippen LogP contribution in [0.25, 0.3) is 0 Å². The minimum atomic E-state index is -0.434. The Labute approximate surface area is 188 Å². The van der Waals surface area contributed by atoms with Crippen LogP contribution < -0.4 is 9.80 Å². The van der Waals surface area contributed by atoms with Gasteiger partial charge in [0.2, 0.25) is 5.91 Å². The van der Waals surface area contributed by atoms with E-state index in [2.05, 4.69) is 25.8 Å². The molecule has 2 aliphatic heterocycles. The molecule has 0 N–H and O–H groups in total. The van der Waals surface area contributed by atoms with Crippen molar-refractivity contribution >= 4 is 29.1 Å². The number of carbonyl (C=O) groups excluding carboxylic acids is 1. The molecule has 8 heteroatoms. The summed E-state index contributed by atoms with van der Waals surface area (Å²) >= 11 is 5.83. The normalized spacial score (nSPS) is 17.2. The second kappa shape index (κ2) is 9.81. The molecule has 6 nitrogen and oxygen atoms in total. The quantitative estimate of drug-likeness (QED) is 0.699. The highest BCUT2D eigenvalue weighted by Crippen LogP contribution is 2.23. The van der Waals surface area contributed by atoms with Crippen LogP contribution in [0.4, 0.5) is 16.0 Å². The van der Waals surface area contributed by atoms with Crippen LogP contribution in [0.1, 0.15) is 37.1 Å². The lowest BCUT2D eigenvalue weighted by Crippen LogP contribution is -2.49. The van der Waals surface area contributed by atoms with Crippen molar-refractivity contribution in [1.82, 2.24) is 14.9 Å². The maximum atomic E-state index is 13.3. The first-order valence-corrected chi connectivity index (χ1v) is 11.4. The number of anilines is 2. The van der Waals surface area contributed by atoms with Gasteiger partial charge >= 0.3 is 0 Å². The Morgan fingerprint density at radius 1 is 0.968 bits per heavy atom. The van der Waals surface area contributed by atoms with Gasteiger partial charge in [-0.2, -0.15) is 0 Å². The lowest BCUT2D eigenvalue weighted by Gasteiger charge is -2.36. The number of hydrogen-bond donors (Lipinski definition) is 0. The van der Waals surface area contributed by atoms with Crippen LogP contribution in [0.2, 0.25) is 5.02 Å². The van der Waals surface area contributed by atoms with E-state index in [1.807, 2.05) is 11.8 Å². The molecular formula is C23H29ClFN5O. The molecule has 0 radical (unpaired) electrons. The first-order valence-electron chi connectivity index (χ1n) is 11.1. The van der Waals surface area contributed by atoms with Gasteiger partial charge in [0.05, 0.1) is 5.02 Å². The molecule has 0 aliphatic carbocycles. The number of rotatable bonds is 5. The molecule has 0 spiro atoms.